The Balaban J connectivity index is 2.29. The molecule has 128 valence electrons. The second-order valence-electron chi connectivity index (χ2n) is 5.64. The van der Waals surface area contributed by atoms with Gasteiger partial charge in [-0.1, -0.05) is 60.2 Å². The summed E-state index contributed by atoms with van der Waals surface area (Å²) in [4.78, 5) is 19.4. The zero-order chi connectivity index (χ0) is 18.1. The lowest BCUT2D eigenvalue weighted by Crippen LogP contribution is -2.19. The van der Waals surface area contributed by atoms with Crippen LogP contribution in [-0.4, -0.2) is 29.3 Å². The smallest absolute Gasteiger partial charge is 0.318 e. The van der Waals surface area contributed by atoms with Gasteiger partial charge in [-0.25, -0.2) is 0 Å². The lowest BCUT2D eigenvalue weighted by molar-refractivity contribution is -0.140. The van der Waals surface area contributed by atoms with E-state index in [1.807, 2.05) is 61.5 Å². The predicted molar refractivity (Wildman–Crippen MR) is 97.7 cm³/mol. The maximum Gasteiger partial charge on any atom is 0.318 e. The molecule has 0 aliphatic rings. The second-order valence-corrected chi connectivity index (χ2v) is 5.64. The van der Waals surface area contributed by atoms with Crippen molar-refractivity contribution in [3.05, 3.63) is 76.8 Å². The SMILES string of the molecule is COC(=O)CCC(=[N+]=[N-])C(=NCc1ccc(C)cc1)c1ccccc1. The van der Waals surface area contributed by atoms with Crippen LogP contribution in [0.5, 0.6) is 0 Å². The highest BCUT2D eigenvalue weighted by atomic mass is 16.5. The van der Waals surface area contributed by atoms with Crippen LogP contribution in [0.2, 0.25) is 0 Å². The fourth-order valence-corrected chi connectivity index (χ4v) is 2.35. The van der Waals surface area contributed by atoms with Gasteiger partial charge in [0.2, 0.25) is 0 Å². The Kier molecular flexibility index (Phi) is 6.81. The lowest BCUT2D eigenvalue weighted by atomic mass is 10.0. The third-order valence-corrected chi connectivity index (χ3v) is 3.78. The van der Waals surface area contributed by atoms with Crippen LogP contribution in [0.4, 0.5) is 0 Å². The van der Waals surface area contributed by atoms with Crippen molar-refractivity contribution >= 4 is 17.4 Å². The van der Waals surface area contributed by atoms with Crippen LogP contribution in [-0.2, 0) is 16.1 Å². The van der Waals surface area contributed by atoms with E-state index in [2.05, 4.69) is 14.5 Å². The predicted octanol–water partition coefficient (Wildman–Crippen LogP) is 3.61. The Morgan fingerprint density at radius 3 is 2.36 bits per heavy atom. The number of esters is 1. The van der Waals surface area contributed by atoms with Gasteiger partial charge in [0.15, 0.2) is 0 Å². The average molecular weight is 335 g/mol. The summed E-state index contributed by atoms with van der Waals surface area (Å²) < 4.78 is 4.66. The molecule has 0 aromatic heterocycles. The number of benzene rings is 2. The van der Waals surface area contributed by atoms with Crippen molar-refractivity contribution in [2.24, 2.45) is 4.99 Å². The number of aryl methyl sites for hydroxylation is 1. The summed E-state index contributed by atoms with van der Waals surface area (Å²) in [5.41, 5.74) is 13.5. The largest absolute Gasteiger partial charge is 0.469 e. The molecule has 0 atom stereocenters. The van der Waals surface area contributed by atoms with Crippen molar-refractivity contribution in [3.8, 4) is 0 Å². The molecular formula is C20H21N3O2. The van der Waals surface area contributed by atoms with E-state index in [0.29, 0.717) is 18.0 Å². The molecule has 0 aliphatic heterocycles. The number of carbonyl (C=O) groups excluding carboxylic acids is 1. The fraction of sp³-hybridized carbons (Fsp3) is 0.250. The van der Waals surface area contributed by atoms with Gasteiger partial charge in [-0.2, -0.15) is 4.79 Å². The molecule has 5 nitrogen and oxygen atoms in total. The van der Waals surface area contributed by atoms with Crippen LogP contribution in [0.3, 0.4) is 0 Å². The first-order valence-electron chi connectivity index (χ1n) is 8.07. The molecule has 0 N–H and O–H groups in total. The summed E-state index contributed by atoms with van der Waals surface area (Å²) in [5, 5.41) is 0. The Labute approximate surface area is 147 Å². The molecule has 2 aromatic rings. The molecule has 0 aliphatic carbocycles. The van der Waals surface area contributed by atoms with Crippen LogP contribution in [0.15, 0.2) is 59.6 Å². The van der Waals surface area contributed by atoms with Crippen LogP contribution in [0.1, 0.15) is 29.5 Å². The molecule has 0 heterocycles. The van der Waals surface area contributed by atoms with Crippen molar-refractivity contribution in [1.82, 2.24) is 0 Å². The van der Waals surface area contributed by atoms with Gasteiger partial charge in [0.05, 0.1) is 26.5 Å². The third kappa shape index (κ3) is 5.52. The van der Waals surface area contributed by atoms with Gasteiger partial charge < -0.3 is 10.3 Å². The zero-order valence-corrected chi connectivity index (χ0v) is 14.5. The maximum atomic E-state index is 11.4. The van der Waals surface area contributed by atoms with Gasteiger partial charge in [-0.05, 0) is 12.5 Å². The summed E-state index contributed by atoms with van der Waals surface area (Å²) in [6, 6.07) is 17.6. The summed E-state index contributed by atoms with van der Waals surface area (Å²) in [6.45, 7) is 2.49. The first-order chi connectivity index (χ1) is 12.1. The maximum absolute atomic E-state index is 11.4. The van der Waals surface area contributed by atoms with E-state index in [4.69, 9.17) is 0 Å². The van der Waals surface area contributed by atoms with E-state index in [-0.39, 0.29) is 18.8 Å². The fourth-order valence-electron chi connectivity index (χ4n) is 2.35. The van der Waals surface area contributed by atoms with Gasteiger partial charge in [0.1, 0.15) is 5.71 Å². The van der Waals surface area contributed by atoms with Crippen molar-refractivity contribution in [1.29, 1.82) is 0 Å². The molecule has 0 fully saturated rings. The molecule has 5 heteroatoms. The third-order valence-electron chi connectivity index (χ3n) is 3.78. The molecule has 2 aromatic carbocycles. The minimum absolute atomic E-state index is 0.131. The summed E-state index contributed by atoms with van der Waals surface area (Å²) in [5.74, 6) is -0.355. The van der Waals surface area contributed by atoms with Gasteiger partial charge in [0, 0.05) is 5.56 Å². The monoisotopic (exact) mass is 335 g/mol. The Morgan fingerprint density at radius 1 is 1.08 bits per heavy atom. The topological polar surface area (TPSA) is 75.1 Å². The summed E-state index contributed by atoms with van der Waals surface area (Å²) in [7, 11) is 1.34. The van der Waals surface area contributed by atoms with Crippen LogP contribution < -0.4 is 0 Å². The van der Waals surface area contributed by atoms with Gasteiger partial charge in [0.25, 0.3) is 0 Å². The molecule has 0 spiro atoms. The highest BCUT2D eigenvalue weighted by molar-refractivity contribution is 6.46. The lowest BCUT2D eigenvalue weighted by Gasteiger charge is -2.04. The van der Waals surface area contributed by atoms with E-state index in [1.165, 1.54) is 12.7 Å². The van der Waals surface area contributed by atoms with Crippen LogP contribution in [0.25, 0.3) is 5.53 Å². The molecule has 0 unspecified atom stereocenters. The first kappa shape index (κ1) is 18.3. The zero-order valence-electron chi connectivity index (χ0n) is 14.5. The number of nitrogens with zero attached hydrogens (tertiary/aromatic N) is 3. The molecule has 2 rings (SSSR count). The highest BCUT2D eigenvalue weighted by Gasteiger charge is 2.21. The molecule has 0 saturated carbocycles. The highest BCUT2D eigenvalue weighted by Crippen LogP contribution is 2.10. The van der Waals surface area contributed by atoms with E-state index in [1.54, 1.807) is 0 Å². The number of hydrogen-bond acceptors (Lipinski definition) is 3. The second kappa shape index (κ2) is 9.30. The normalized spacial score (nSPS) is 10.9. The molecule has 0 bridgehead atoms. The van der Waals surface area contributed by atoms with E-state index < -0.39 is 0 Å². The summed E-state index contributed by atoms with van der Waals surface area (Å²) >= 11 is 0. The van der Waals surface area contributed by atoms with Crippen LogP contribution in [0, 0.1) is 6.92 Å². The minimum atomic E-state index is -0.355. The molecule has 0 amide bonds. The molecular weight excluding hydrogens is 314 g/mol. The van der Waals surface area contributed by atoms with Gasteiger partial charge in [-0.15, -0.1) is 0 Å². The van der Waals surface area contributed by atoms with E-state index in [0.717, 1.165) is 11.1 Å². The number of aliphatic imine (C=N–C) groups is 1. The van der Waals surface area contributed by atoms with Crippen molar-refractivity contribution < 1.29 is 14.3 Å². The molecule has 0 saturated heterocycles. The average Bonchev–Trinajstić information content (AvgIpc) is 2.66. The first-order valence-corrected chi connectivity index (χ1v) is 8.07. The van der Waals surface area contributed by atoms with Crippen molar-refractivity contribution in [2.45, 2.75) is 26.3 Å². The number of rotatable bonds is 7. The van der Waals surface area contributed by atoms with E-state index >= 15 is 0 Å². The Morgan fingerprint density at radius 2 is 1.76 bits per heavy atom. The van der Waals surface area contributed by atoms with Crippen molar-refractivity contribution in [2.75, 3.05) is 7.11 Å². The minimum Gasteiger partial charge on any atom is -0.469 e. The number of carbonyl (C=O) groups is 1. The number of methoxy groups -OCH3 is 1. The number of ether oxygens (including phenoxy) is 1. The standard InChI is InChI=1S/C20H21N3O2/c1-15-8-10-16(11-9-15)14-22-20(17-6-4-3-5-7-17)18(23-21)12-13-19(24)25-2/h3-11H,12-14H2,1-2H3. The molecule has 0 radical (unpaired) electrons. The van der Waals surface area contributed by atoms with E-state index in [9.17, 15) is 10.3 Å². The van der Waals surface area contributed by atoms with Crippen LogP contribution >= 0.6 is 0 Å². The Bertz CT molecular complexity index is 789. The Hall–Kier alpha value is -3.04. The summed E-state index contributed by atoms with van der Waals surface area (Å²) in [6.07, 6.45) is 0.386. The quantitative estimate of drug-likeness (QED) is 0.335. The van der Waals surface area contributed by atoms with Gasteiger partial charge >= 0.3 is 11.7 Å². The van der Waals surface area contributed by atoms with Crippen molar-refractivity contribution in [3.63, 3.8) is 0 Å². The molecule has 25 heavy (non-hydrogen) atoms. The number of hydrogen-bond donors (Lipinski definition) is 0. The van der Waals surface area contributed by atoms with Gasteiger partial charge in [-0.3, -0.25) is 9.79 Å².